The van der Waals surface area contributed by atoms with Gasteiger partial charge in [-0.1, -0.05) is 48.5 Å². The van der Waals surface area contributed by atoms with Crippen molar-refractivity contribution in [2.24, 2.45) is 0 Å². The minimum absolute atomic E-state index is 0.179. The average molecular weight is 441 g/mol. The predicted molar refractivity (Wildman–Crippen MR) is 101 cm³/mol. The monoisotopic (exact) mass is 441 g/mol. The number of alkyl carbamates (subject to hydrolysis) is 1. The highest BCUT2D eigenvalue weighted by atomic mass is 31.2. The summed E-state index contributed by atoms with van der Waals surface area (Å²) in [7, 11) is -5.90. The second-order valence-corrected chi connectivity index (χ2v) is 8.52. The van der Waals surface area contributed by atoms with Crippen LogP contribution >= 0.6 is 7.60 Å². The molecule has 4 N–H and O–H groups in total. The zero-order chi connectivity index (χ0) is 22.1. The Kier molecular flexibility index (Phi) is 5.94. The second-order valence-electron chi connectivity index (χ2n) is 6.77. The van der Waals surface area contributed by atoms with Gasteiger partial charge in [-0.2, -0.15) is 8.78 Å². The topological polar surface area (TPSA) is 133 Å². The minimum atomic E-state index is -5.90. The molecule has 160 valence electrons. The van der Waals surface area contributed by atoms with E-state index >= 15 is 0 Å². The predicted octanol–water partition coefficient (Wildman–Crippen LogP) is 3.14. The molecule has 0 fully saturated rings. The fraction of sp³-hybridized carbons (Fsp3) is 0.263. The molecular weight excluding hydrogens is 423 g/mol. The Labute approximate surface area is 169 Å². The van der Waals surface area contributed by atoms with Crippen LogP contribution in [0.4, 0.5) is 13.6 Å². The zero-order valence-corrected chi connectivity index (χ0v) is 16.3. The number of halogens is 2. The molecule has 0 bridgehead atoms. The summed E-state index contributed by atoms with van der Waals surface area (Å²) in [6.07, 6.45) is -3.07. The Morgan fingerprint density at radius 2 is 1.57 bits per heavy atom. The van der Waals surface area contributed by atoms with Gasteiger partial charge in [-0.3, -0.25) is 4.57 Å². The number of nitrogens with one attached hydrogen (secondary N) is 1. The second kappa shape index (κ2) is 8.14. The van der Waals surface area contributed by atoms with Gasteiger partial charge in [-0.05, 0) is 22.3 Å². The Morgan fingerprint density at radius 3 is 2.03 bits per heavy atom. The van der Waals surface area contributed by atoms with Gasteiger partial charge >= 0.3 is 25.3 Å². The van der Waals surface area contributed by atoms with Gasteiger partial charge in [0, 0.05) is 5.92 Å². The maximum absolute atomic E-state index is 13.5. The lowest BCUT2D eigenvalue weighted by Crippen LogP contribution is -2.44. The van der Waals surface area contributed by atoms with E-state index in [0.717, 1.165) is 22.3 Å². The van der Waals surface area contributed by atoms with Gasteiger partial charge in [0.2, 0.25) is 0 Å². The van der Waals surface area contributed by atoms with E-state index < -0.39 is 37.8 Å². The highest BCUT2D eigenvalue weighted by Gasteiger charge is 2.51. The van der Waals surface area contributed by atoms with Crippen LogP contribution in [0.15, 0.2) is 48.5 Å². The maximum atomic E-state index is 13.5. The molecule has 0 radical (unpaired) electrons. The average Bonchev–Trinajstić information content (AvgIpc) is 2.98. The molecule has 0 unspecified atom stereocenters. The lowest BCUT2D eigenvalue weighted by Gasteiger charge is -2.22. The zero-order valence-electron chi connectivity index (χ0n) is 15.4. The maximum Gasteiger partial charge on any atom is 0.407 e. The number of rotatable bonds is 7. The molecule has 1 atom stereocenters. The molecule has 8 nitrogen and oxygen atoms in total. The third kappa shape index (κ3) is 4.35. The first-order chi connectivity index (χ1) is 14.0. The van der Waals surface area contributed by atoms with Gasteiger partial charge in [0.05, 0.1) is 6.42 Å². The van der Waals surface area contributed by atoms with Gasteiger partial charge in [0.15, 0.2) is 0 Å². The molecule has 1 amide bonds. The number of carbonyl (C=O) groups excluding carboxylic acids is 1. The smallest absolute Gasteiger partial charge is 0.407 e. The van der Waals surface area contributed by atoms with E-state index in [1.165, 1.54) is 0 Å². The molecule has 0 aliphatic heterocycles. The van der Waals surface area contributed by atoms with Crippen molar-refractivity contribution in [2.75, 3.05) is 6.61 Å². The molecular formula is C19H18F2NO7P. The van der Waals surface area contributed by atoms with Crippen LogP contribution in [0.25, 0.3) is 11.1 Å². The van der Waals surface area contributed by atoms with E-state index in [1.54, 1.807) is 5.32 Å². The van der Waals surface area contributed by atoms with E-state index in [9.17, 15) is 22.9 Å². The summed E-state index contributed by atoms with van der Waals surface area (Å²) in [6.45, 7) is -0.179. The van der Waals surface area contributed by atoms with Crippen molar-refractivity contribution < 1.29 is 42.6 Å². The van der Waals surface area contributed by atoms with Gasteiger partial charge < -0.3 is 24.9 Å². The van der Waals surface area contributed by atoms with Crippen LogP contribution in [0, 0.1) is 0 Å². The summed E-state index contributed by atoms with van der Waals surface area (Å²) < 4.78 is 43.0. The third-order valence-corrected chi connectivity index (χ3v) is 5.84. The van der Waals surface area contributed by atoms with Crippen LogP contribution in [-0.4, -0.2) is 45.3 Å². The highest BCUT2D eigenvalue weighted by Crippen LogP contribution is 2.55. The molecule has 1 aliphatic carbocycles. The van der Waals surface area contributed by atoms with Crippen LogP contribution in [0.1, 0.15) is 23.5 Å². The van der Waals surface area contributed by atoms with Gasteiger partial charge in [-0.25, -0.2) is 9.59 Å². The van der Waals surface area contributed by atoms with Crippen molar-refractivity contribution in [1.82, 2.24) is 5.32 Å². The third-order valence-electron chi connectivity index (χ3n) is 4.81. The largest absolute Gasteiger partial charge is 0.480 e. The minimum Gasteiger partial charge on any atom is -0.480 e. The molecule has 0 heterocycles. The number of hydrogen-bond donors (Lipinski definition) is 4. The molecule has 2 aromatic rings. The molecule has 3 rings (SSSR count). The number of carboxylic acid groups (broad SMARTS) is 1. The molecule has 0 saturated heterocycles. The van der Waals surface area contributed by atoms with Gasteiger partial charge in [-0.15, -0.1) is 0 Å². The number of carboxylic acids is 1. The number of alkyl halides is 2. The highest BCUT2D eigenvalue weighted by molar-refractivity contribution is 7.53. The Morgan fingerprint density at radius 1 is 1.07 bits per heavy atom. The molecule has 11 heteroatoms. The van der Waals surface area contributed by atoms with E-state index in [2.05, 4.69) is 0 Å². The number of hydrogen-bond acceptors (Lipinski definition) is 4. The van der Waals surface area contributed by atoms with Gasteiger partial charge in [0.1, 0.15) is 12.6 Å². The van der Waals surface area contributed by atoms with Crippen molar-refractivity contribution >= 4 is 19.7 Å². The number of aliphatic carboxylic acids is 1. The summed E-state index contributed by atoms with van der Waals surface area (Å²) in [4.78, 5) is 40.5. The van der Waals surface area contributed by atoms with Gasteiger partial charge in [0.25, 0.3) is 0 Å². The number of amides is 1. The van der Waals surface area contributed by atoms with E-state index in [-0.39, 0.29) is 12.5 Å². The lowest BCUT2D eigenvalue weighted by atomic mass is 9.98. The quantitative estimate of drug-likeness (QED) is 0.485. The first-order valence-electron chi connectivity index (χ1n) is 8.79. The van der Waals surface area contributed by atoms with E-state index in [4.69, 9.17) is 19.6 Å². The summed E-state index contributed by atoms with van der Waals surface area (Å²) in [5.41, 5.74) is -0.894. The molecule has 0 saturated carbocycles. The normalized spacial score (nSPS) is 14.5. The van der Waals surface area contributed by atoms with Crippen LogP contribution in [0.2, 0.25) is 0 Å². The number of benzene rings is 2. The van der Waals surface area contributed by atoms with Crippen LogP contribution in [0.5, 0.6) is 0 Å². The first kappa shape index (κ1) is 21.9. The van der Waals surface area contributed by atoms with Crippen molar-refractivity contribution in [3.8, 4) is 11.1 Å². The van der Waals surface area contributed by atoms with Crippen LogP contribution < -0.4 is 5.32 Å². The van der Waals surface area contributed by atoms with E-state index in [0.29, 0.717) is 0 Å². The Hall–Kier alpha value is -2.81. The van der Waals surface area contributed by atoms with Crippen molar-refractivity contribution in [1.29, 1.82) is 0 Å². The molecule has 0 spiro atoms. The van der Waals surface area contributed by atoms with Crippen LogP contribution in [0.3, 0.4) is 0 Å². The van der Waals surface area contributed by atoms with Crippen molar-refractivity contribution in [3.63, 3.8) is 0 Å². The molecule has 1 aliphatic rings. The number of carbonyl (C=O) groups is 2. The lowest BCUT2D eigenvalue weighted by molar-refractivity contribution is -0.141. The molecule has 30 heavy (non-hydrogen) atoms. The standard InChI is InChI=1S/C19H18F2NO7P/c20-19(21,30(26,27)28)9-16(17(23)24)22-18(25)29-10-15-13-7-3-1-5-11(13)12-6-2-4-8-14(12)15/h1-8,15-16H,9-10H2,(H,22,25)(H,23,24)(H2,26,27,28)/t16-/m0/s1. The summed E-state index contributed by atoms with van der Waals surface area (Å²) >= 11 is 0. The SMILES string of the molecule is O=C(N[C@@H](CC(F)(F)P(=O)(O)O)C(=O)O)OCC1c2ccccc2-c2ccccc21. The van der Waals surface area contributed by atoms with Crippen molar-refractivity contribution in [3.05, 3.63) is 59.7 Å². The van der Waals surface area contributed by atoms with Crippen molar-refractivity contribution in [2.45, 2.75) is 24.0 Å². The first-order valence-corrected chi connectivity index (χ1v) is 10.4. The fourth-order valence-electron chi connectivity index (χ4n) is 3.35. The van der Waals surface area contributed by atoms with E-state index in [1.807, 2.05) is 48.5 Å². The van der Waals surface area contributed by atoms with Crippen LogP contribution in [-0.2, 0) is 14.1 Å². The summed E-state index contributed by atoms with van der Waals surface area (Å²) in [5.74, 6) is -2.21. The molecule has 2 aromatic carbocycles. The Bertz CT molecular complexity index is 978. The fourth-order valence-corrected chi connectivity index (χ4v) is 3.77. The number of ether oxygens (including phenoxy) is 1. The number of fused-ring (bicyclic) bond motifs is 3. The Balaban J connectivity index is 1.69. The summed E-state index contributed by atoms with van der Waals surface area (Å²) in [6, 6.07) is 12.7. The molecule has 0 aromatic heterocycles. The summed E-state index contributed by atoms with van der Waals surface area (Å²) in [5, 5.41) is 10.8.